The van der Waals surface area contributed by atoms with Crippen molar-refractivity contribution in [2.75, 3.05) is 19.7 Å². The van der Waals surface area contributed by atoms with Crippen LogP contribution in [0.5, 0.6) is 0 Å². The zero-order chi connectivity index (χ0) is 10.8. The molecule has 1 aliphatic heterocycles. The molecule has 5 heteroatoms. The van der Waals surface area contributed by atoms with Crippen molar-refractivity contribution < 1.29 is 14.6 Å². The van der Waals surface area contributed by atoms with E-state index in [-0.39, 0.29) is 24.8 Å². The van der Waals surface area contributed by atoms with Crippen molar-refractivity contribution in [2.24, 2.45) is 0 Å². The minimum Gasteiger partial charge on any atom is -0.394 e. The van der Waals surface area contributed by atoms with E-state index in [1.807, 2.05) is 6.92 Å². The molecule has 1 saturated carbocycles. The predicted molar refractivity (Wildman–Crippen MR) is 54.5 cm³/mol. The van der Waals surface area contributed by atoms with E-state index in [0.29, 0.717) is 19.1 Å². The van der Waals surface area contributed by atoms with Crippen LogP contribution < -0.4 is 5.32 Å². The Morgan fingerprint density at radius 2 is 2.27 bits per heavy atom. The molecule has 2 N–H and O–H groups in total. The standard InChI is InChI=1S/C10H18N2O3/c1-7-4-12(5-9(6-13)15-7)10(14)11-8-2-3-8/h7-9,13H,2-6H2,1H3,(H,11,14). The monoisotopic (exact) mass is 214 g/mol. The van der Waals surface area contributed by atoms with E-state index < -0.39 is 0 Å². The van der Waals surface area contributed by atoms with E-state index in [0.717, 1.165) is 12.8 Å². The summed E-state index contributed by atoms with van der Waals surface area (Å²) in [7, 11) is 0. The molecule has 2 rings (SSSR count). The molecule has 2 amide bonds. The second-order valence-electron chi connectivity index (χ2n) is 4.38. The summed E-state index contributed by atoms with van der Waals surface area (Å²) in [4.78, 5) is 13.5. The van der Waals surface area contributed by atoms with Crippen LogP contribution in [0.3, 0.4) is 0 Å². The summed E-state index contributed by atoms with van der Waals surface area (Å²) in [5.41, 5.74) is 0. The molecule has 1 saturated heterocycles. The van der Waals surface area contributed by atoms with Crippen LogP contribution in [0.15, 0.2) is 0 Å². The summed E-state index contributed by atoms with van der Waals surface area (Å²) >= 11 is 0. The number of aliphatic hydroxyl groups excluding tert-OH is 1. The summed E-state index contributed by atoms with van der Waals surface area (Å²) in [5.74, 6) is 0. The van der Waals surface area contributed by atoms with Crippen molar-refractivity contribution in [1.29, 1.82) is 0 Å². The van der Waals surface area contributed by atoms with Crippen LogP contribution in [0, 0.1) is 0 Å². The number of aliphatic hydroxyl groups is 1. The number of urea groups is 1. The van der Waals surface area contributed by atoms with Gasteiger partial charge in [0, 0.05) is 12.6 Å². The summed E-state index contributed by atoms with van der Waals surface area (Å²) in [5, 5.41) is 12.0. The lowest BCUT2D eigenvalue weighted by Gasteiger charge is -2.36. The number of nitrogens with zero attached hydrogens (tertiary/aromatic N) is 1. The predicted octanol–water partition coefficient (Wildman–Crippen LogP) is -0.0600. The molecule has 0 bridgehead atoms. The molecule has 0 aromatic carbocycles. The number of nitrogens with one attached hydrogen (secondary N) is 1. The van der Waals surface area contributed by atoms with Gasteiger partial charge in [0.25, 0.3) is 0 Å². The molecule has 2 aliphatic rings. The Morgan fingerprint density at radius 3 is 2.87 bits per heavy atom. The Balaban J connectivity index is 1.86. The first-order chi connectivity index (χ1) is 7.19. The minimum atomic E-state index is -0.237. The normalized spacial score (nSPS) is 31.5. The van der Waals surface area contributed by atoms with Crippen molar-refractivity contribution in [1.82, 2.24) is 10.2 Å². The van der Waals surface area contributed by atoms with Crippen LogP contribution in [-0.4, -0.2) is 54.0 Å². The van der Waals surface area contributed by atoms with Gasteiger partial charge >= 0.3 is 6.03 Å². The quantitative estimate of drug-likeness (QED) is 0.677. The van der Waals surface area contributed by atoms with Crippen LogP contribution in [0.1, 0.15) is 19.8 Å². The lowest BCUT2D eigenvalue weighted by molar-refractivity contribution is -0.0834. The second kappa shape index (κ2) is 4.37. The molecule has 2 atom stereocenters. The lowest BCUT2D eigenvalue weighted by atomic mass is 10.2. The summed E-state index contributed by atoms with van der Waals surface area (Å²) in [6, 6.07) is 0.356. The van der Waals surface area contributed by atoms with Crippen molar-refractivity contribution in [2.45, 2.75) is 38.0 Å². The number of rotatable bonds is 2. The van der Waals surface area contributed by atoms with Gasteiger partial charge < -0.3 is 20.1 Å². The number of ether oxygens (including phenoxy) is 1. The van der Waals surface area contributed by atoms with Crippen LogP contribution in [0.25, 0.3) is 0 Å². The van der Waals surface area contributed by atoms with Gasteiger partial charge in [-0.15, -0.1) is 0 Å². The molecular formula is C10H18N2O3. The Labute approximate surface area is 89.4 Å². The largest absolute Gasteiger partial charge is 0.394 e. The molecule has 86 valence electrons. The van der Waals surface area contributed by atoms with Gasteiger partial charge in [0.05, 0.1) is 25.4 Å². The molecule has 0 aromatic rings. The topological polar surface area (TPSA) is 61.8 Å². The highest BCUT2D eigenvalue weighted by Crippen LogP contribution is 2.19. The van der Waals surface area contributed by atoms with Crippen molar-refractivity contribution >= 4 is 6.03 Å². The summed E-state index contributed by atoms with van der Waals surface area (Å²) in [6.07, 6.45) is 1.95. The maximum Gasteiger partial charge on any atom is 0.317 e. The van der Waals surface area contributed by atoms with Gasteiger partial charge in [-0.1, -0.05) is 0 Å². The Hall–Kier alpha value is -0.810. The first-order valence-electron chi connectivity index (χ1n) is 5.51. The number of hydrogen-bond acceptors (Lipinski definition) is 3. The molecule has 1 aliphatic carbocycles. The number of morpholine rings is 1. The van der Waals surface area contributed by atoms with Crippen LogP contribution in [-0.2, 0) is 4.74 Å². The molecule has 0 radical (unpaired) electrons. The number of carbonyl (C=O) groups is 1. The lowest BCUT2D eigenvalue weighted by Crippen LogP contribution is -2.53. The van der Waals surface area contributed by atoms with Crippen LogP contribution in [0.2, 0.25) is 0 Å². The van der Waals surface area contributed by atoms with Crippen molar-refractivity contribution in [3.05, 3.63) is 0 Å². The number of carbonyl (C=O) groups excluding carboxylic acids is 1. The van der Waals surface area contributed by atoms with Gasteiger partial charge in [-0.2, -0.15) is 0 Å². The van der Waals surface area contributed by atoms with E-state index in [9.17, 15) is 4.79 Å². The third-order valence-electron chi connectivity index (χ3n) is 2.72. The highest BCUT2D eigenvalue weighted by atomic mass is 16.5. The van der Waals surface area contributed by atoms with Crippen LogP contribution >= 0.6 is 0 Å². The highest BCUT2D eigenvalue weighted by molar-refractivity contribution is 5.75. The van der Waals surface area contributed by atoms with E-state index in [1.54, 1.807) is 4.90 Å². The molecule has 0 spiro atoms. The van der Waals surface area contributed by atoms with Crippen molar-refractivity contribution in [3.8, 4) is 0 Å². The number of hydrogen-bond donors (Lipinski definition) is 2. The van der Waals surface area contributed by atoms with E-state index in [1.165, 1.54) is 0 Å². The zero-order valence-electron chi connectivity index (χ0n) is 8.98. The molecular weight excluding hydrogens is 196 g/mol. The first-order valence-corrected chi connectivity index (χ1v) is 5.51. The molecule has 15 heavy (non-hydrogen) atoms. The molecule has 2 unspecified atom stereocenters. The maximum atomic E-state index is 11.7. The average Bonchev–Trinajstić information content (AvgIpc) is 3.00. The molecule has 0 aromatic heterocycles. The Morgan fingerprint density at radius 1 is 1.53 bits per heavy atom. The third kappa shape index (κ3) is 2.82. The molecule has 2 fully saturated rings. The Bertz CT molecular complexity index is 243. The summed E-state index contributed by atoms with van der Waals surface area (Å²) in [6.45, 7) is 2.98. The van der Waals surface area contributed by atoms with Crippen LogP contribution in [0.4, 0.5) is 4.79 Å². The van der Waals surface area contributed by atoms with Gasteiger partial charge in [0.1, 0.15) is 0 Å². The van der Waals surface area contributed by atoms with Crippen molar-refractivity contribution in [3.63, 3.8) is 0 Å². The zero-order valence-corrected chi connectivity index (χ0v) is 8.98. The fraction of sp³-hybridized carbons (Fsp3) is 0.900. The SMILES string of the molecule is CC1CN(C(=O)NC2CC2)CC(CO)O1. The average molecular weight is 214 g/mol. The van der Waals surface area contributed by atoms with Gasteiger partial charge in [0.2, 0.25) is 0 Å². The Kier molecular flexibility index (Phi) is 3.11. The van der Waals surface area contributed by atoms with Gasteiger partial charge in [0.15, 0.2) is 0 Å². The molecule has 5 nitrogen and oxygen atoms in total. The van der Waals surface area contributed by atoms with Gasteiger partial charge in [-0.3, -0.25) is 0 Å². The maximum absolute atomic E-state index is 11.7. The number of amides is 2. The minimum absolute atomic E-state index is 0.000790. The second-order valence-corrected chi connectivity index (χ2v) is 4.38. The molecule has 1 heterocycles. The fourth-order valence-corrected chi connectivity index (χ4v) is 1.81. The third-order valence-corrected chi connectivity index (χ3v) is 2.72. The fourth-order valence-electron chi connectivity index (χ4n) is 1.81. The smallest absolute Gasteiger partial charge is 0.317 e. The summed E-state index contributed by atoms with van der Waals surface area (Å²) < 4.78 is 5.46. The van der Waals surface area contributed by atoms with E-state index in [4.69, 9.17) is 9.84 Å². The van der Waals surface area contributed by atoms with Gasteiger partial charge in [-0.25, -0.2) is 4.79 Å². The van der Waals surface area contributed by atoms with Gasteiger partial charge in [-0.05, 0) is 19.8 Å². The van der Waals surface area contributed by atoms with E-state index >= 15 is 0 Å². The first kappa shape index (κ1) is 10.7. The van der Waals surface area contributed by atoms with E-state index in [2.05, 4.69) is 5.32 Å². The highest BCUT2D eigenvalue weighted by Gasteiger charge is 2.31.